The Morgan fingerprint density at radius 1 is 0.731 bits per heavy atom. The third-order valence-corrected chi connectivity index (χ3v) is 6.52. The molecule has 138 valence electrons. The van der Waals surface area contributed by atoms with Gasteiger partial charge in [-0.3, -0.25) is 0 Å². The predicted molar refractivity (Wildman–Crippen MR) is 112 cm³/mol. The van der Waals surface area contributed by atoms with Crippen molar-refractivity contribution in [2.75, 3.05) is 50.7 Å². The maximum Gasteiger partial charge on any atom is 0.0552 e. The normalized spacial score (nSPS) is 17.8. The molecule has 0 spiro atoms. The zero-order chi connectivity index (χ0) is 17.8. The molecule has 3 nitrogen and oxygen atoms in total. The summed E-state index contributed by atoms with van der Waals surface area (Å²) in [5, 5.41) is 0. The summed E-state index contributed by atoms with van der Waals surface area (Å²) >= 11 is 1.89. The summed E-state index contributed by atoms with van der Waals surface area (Å²) in [6.45, 7) is 10.7. The highest BCUT2D eigenvalue weighted by atomic mass is 32.2. The number of fused-ring (bicyclic) bond motifs is 2. The average molecular weight is 368 g/mol. The predicted octanol–water partition coefficient (Wildman–Crippen LogP) is 4.71. The van der Waals surface area contributed by atoms with Gasteiger partial charge in [-0.1, -0.05) is 43.0 Å². The number of rotatable bonds is 6. The summed E-state index contributed by atoms with van der Waals surface area (Å²) in [5.41, 5.74) is 2.73. The van der Waals surface area contributed by atoms with E-state index in [-0.39, 0.29) is 0 Å². The van der Waals surface area contributed by atoms with E-state index in [0.29, 0.717) is 0 Å². The molecule has 2 aromatic carbocycles. The first kappa shape index (κ1) is 17.9. The van der Waals surface area contributed by atoms with E-state index in [1.807, 2.05) is 11.8 Å². The Hall–Kier alpha value is -1.49. The lowest BCUT2D eigenvalue weighted by Crippen LogP contribution is -2.47. The van der Waals surface area contributed by atoms with Gasteiger partial charge >= 0.3 is 0 Å². The fourth-order valence-electron chi connectivity index (χ4n) is 4.03. The molecule has 0 bridgehead atoms. The van der Waals surface area contributed by atoms with Crippen molar-refractivity contribution in [1.29, 1.82) is 0 Å². The molecule has 2 aliphatic rings. The maximum absolute atomic E-state index is 2.64. The summed E-state index contributed by atoms with van der Waals surface area (Å²) in [5.74, 6) is 0. The van der Waals surface area contributed by atoms with Gasteiger partial charge in [0.25, 0.3) is 0 Å². The smallest absolute Gasteiger partial charge is 0.0552 e. The molecule has 1 fully saturated rings. The van der Waals surface area contributed by atoms with Crippen LogP contribution in [0.15, 0.2) is 58.3 Å². The van der Waals surface area contributed by atoms with E-state index in [4.69, 9.17) is 0 Å². The van der Waals surface area contributed by atoms with Crippen molar-refractivity contribution in [2.45, 2.75) is 29.6 Å². The monoisotopic (exact) mass is 367 g/mol. The van der Waals surface area contributed by atoms with Crippen molar-refractivity contribution in [3.05, 3.63) is 48.5 Å². The van der Waals surface area contributed by atoms with Crippen molar-refractivity contribution in [2.24, 2.45) is 0 Å². The van der Waals surface area contributed by atoms with Gasteiger partial charge in [-0.25, -0.2) is 0 Å². The molecule has 1 saturated heterocycles. The molecule has 2 heterocycles. The van der Waals surface area contributed by atoms with E-state index in [2.05, 4.69) is 70.2 Å². The van der Waals surface area contributed by atoms with Gasteiger partial charge in [0, 0.05) is 42.5 Å². The number of anilines is 2. The highest BCUT2D eigenvalue weighted by Crippen LogP contribution is 2.47. The number of para-hydroxylation sites is 2. The van der Waals surface area contributed by atoms with Gasteiger partial charge in [-0.05, 0) is 50.2 Å². The first-order valence-corrected chi connectivity index (χ1v) is 10.7. The highest BCUT2D eigenvalue weighted by Gasteiger charge is 2.23. The Kier molecular flexibility index (Phi) is 5.83. The van der Waals surface area contributed by atoms with Crippen LogP contribution in [-0.4, -0.2) is 55.6 Å². The van der Waals surface area contributed by atoms with Crippen LogP contribution >= 0.6 is 11.8 Å². The fourth-order valence-corrected chi connectivity index (χ4v) is 5.12. The quantitative estimate of drug-likeness (QED) is 0.731. The van der Waals surface area contributed by atoms with Gasteiger partial charge in [0.15, 0.2) is 0 Å². The van der Waals surface area contributed by atoms with Gasteiger partial charge in [-0.2, -0.15) is 0 Å². The SMILES string of the molecule is CCCN1CCN(CCCN2c3ccccc3Sc3ccccc32)CC1. The van der Waals surface area contributed by atoms with Crippen LogP contribution in [0.2, 0.25) is 0 Å². The molecule has 4 heteroatoms. The Bertz CT molecular complexity index is 679. The zero-order valence-electron chi connectivity index (χ0n) is 15.7. The minimum absolute atomic E-state index is 1.09. The van der Waals surface area contributed by atoms with E-state index in [1.54, 1.807) is 0 Å². The minimum Gasteiger partial charge on any atom is -0.340 e. The lowest BCUT2D eigenvalue weighted by atomic mass is 10.2. The molecule has 26 heavy (non-hydrogen) atoms. The van der Waals surface area contributed by atoms with E-state index >= 15 is 0 Å². The van der Waals surface area contributed by atoms with Crippen LogP contribution in [0.4, 0.5) is 11.4 Å². The van der Waals surface area contributed by atoms with Crippen molar-refractivity contribution < 1.29 is 0 Å². The van der Waals surface area contributed by atoms with Crippen LogP contribution in [-0.2, 0) is 0 Å². The van der Waals surface area contributed by atoms with Gasteiger partial charge in [0.2, 0.25) is 0 Å². The summed E-state index contributed by atoms with van der Waals surface area (Å²) in [6.07, 6.45) is 2.48. The Morgan fingerprint density at radius 3 is 1.85 bits per heavy atom. The van der Waals surface area contributed by atoms with Crippen LogP contribution in [0.1, 0.15) is 19.8 Å². The summed E-state index contributed by atoms with van der Waals surface area (Å²) < 4.78 is 0. The molecular weight excluding hydrogens is 338 g/mol. The van der Waals surface area contributed by atoms with Gasteiger partial charge < -0.3 is 14.7 Å². The minimum atomic E-state index is 1.09. The van der Waals surface area contributed by atoms with Crippen LogP contribution in [0.3, 0.4) is 0 Å². The molecule has 0 saturated carbocycles. The number of piperazine rings is 1. The standard InChI is InChI=1S/C22H29N3S/c1-2-12-23-15-17-24(18-16-23)13-7-14-25-19-8-3-5-10-21(19)26-22-11-6-4-9-20(22)25/h3-6,8-11H,2,7,12-18H2,1H3. The molecule has 0 radical (unpaired) electrons. The van der Waals surface area contributed by atoms with E-state index in [1.165, 1.54) is 73.3 Å². The Morgan fingerprint density at radius 2 is 1.27 bits per heavy atom. The van der Waals surface area contributed by atoms with Crippen LogP contribution in [0, 0.1) is 0 Å². The second-order valence-corrected chi connectivity index (χ2v) is 8.31. The second kappa shape index (κ2) is 8.47. The Balaban J connectivity index is 1.38. The molecule has 0 aliphatic carbocycles. The van der Waals surface area contributed by atoms with E-state index in [0.717, 1.165) is 6.54 Å². The van der Waals surface area contributed by atoms with Crippen LogP contribution in [0.5, 0.6) is 0 Å². The second-order valence-electron chi connectivity index (χ2n) is 7.23. The maximum atomic E-state index is 2.64. The molecule has 2 aromatic rings. The van der Waals surface area contributed by atoms with Crippen molar-refractivity contribution in [3.63, 3.8) is 0 Å². The summed E-state index contributed by atoms with van der Waals surface area (Å²) in [6, 6.07) is 17.6. The summed E-state index contributed by atoms with van der Waals surface area (Å²) in [7, 11) is 0. The first-order chi connectivity index (χ1) is 12.8. The van der Waals surface area contributed by atoms with E-state index < -0.39 is 0 Å². The molecule has 0 N–H and O–H groups in total. The van der Waals surface area contributed by atoms with Crippen LogP contribution in [0.25, 0.3) is 0 Å². The number of benzene rings is 2. The number of hydrogen-bond acceptors (Lipinski definition) is 4. The van der Waals surface area contributed by atoms with Gasteiger partial charge in [0.05, 0.1) is 11.4 Å². The average Bonchev–Trinajstić information content (AvgIpc) is 2.69. The fraction of sp³-hybridized carbons (Fsp3) is 0.455. The molecular formula is C22H29N3S. The number of hydrogen-bond donors (Lipinski definition) is 0. The Labute approximate surface area is 162 Å². The van der Waals surface area contributed by atoms with Crippen molar-refractivity contribution in [3.8, 4) is 0 Å². The highest BCUT2D eigenvalue weighted by molar-refractivity contribution is 7.99. The lowest BCUT2D eigenvalue weighted by molar-refractivity contribution is 0.132. The van der Waals surface area contributed by atoms with Gasteiger partial charge in [0.1, 0.15) is 0 Å². The molecule has 0 aromatic heterocycles. The zero-order valence-corrected chi connectivity index (χ0v) is 16.5. The molecule has 2 aliphatic heterocycles. The third-order valence-electron chi connectivity index (χ3n) is 5.39. The summed E-state index contributed by atoms with van der Waals surface area (Å²) in [4.78, 5) is 10.5. The largest absolute Gasteiger partial charge is 0.340 e. The molecule has 0 unspecified atom stereocenters. The third kappa shape index (κ3) is 3.93. The van der Waals surface area contributed by atoms with Crippen LogP contribution < -0.4 is 4.90 Å². The van der Waals surface area contributed by atoms with E-state index in [9.17, 15) is 0 Å². The lowest BCUT2D eigenvalue weighted by Gasteiger charge is -2.36. The topological polar surface area (TPSA) is 9.72 Å². The van der Waals surface area contributed by atoms with Crippen molar-refractivity contribution in [1.82, 2.24) is 9.80 Å². The number of nitrogens with zero attached hydrogens (tertiary/aromatic N) is 3. The molecule has 0 amide bonds. The van der Waals surface area contributed by atoms with Crippen molar-refractivity contribution >= 4 is 23.1 Å². The molecule has 0 atom stereocenters. The molecule has 4 rings (SSSR count). The van der Waals surface area contributed by atoms with Gasteiger partial charge in [-0.15, -0.1) is 0 Å². The first-order valence-electron chi connectivity index (χ1n) is 9.93.